The molecule has 148 valence electrons. The van der Waals surface area contributed by atoms with Crippen molar-refractivity contribution in [2.75, 3.05) is 7.11 Å². The molecule has 1 N–H and O–H groups in total. The fraction of sp³-hybridized carbons (Fsp3) is 0.636. The first-order valence-electron chi connectivity index (χ1n) is 10.1. The third-order valence-electron chi connectivity index (χ3n) is 5.83. The van der Waals surface area contributed by atoms with Crippen molar-refractivity contribution in [1.82, 2.24) is 5.32 Å². The second kappa shape index (κ2) is 8.32. The molecule has 27 heavy (non-hydrogen) atoms. The van der Waals surface area contributed by atoms with Crippen LogP contribution in [-0.2, 0) is 9.59 Å². The van der Waals surface area contributed by atoms with Gasteiger partial charge < -0.3 is 14.8 Å². The van der Waals surface area contributed by atoms with Crippen LogP contribution < -0.4 is 14.8 Å². The second-order valence-electron chi connectivity index (χ2n) is 8.20. The van der Waals surface area contributed by atoms with Gasteiger partial charge in [0.25, 0.3) is 0 Å². The maximum Gasteiger partial charge on any atom is 0.223 e. The Morgan fingerprint density at radius 3 is 2.37 bits per heavy atom. The highest BCUT2D eigenvalue weighted by Crippen LogP contribution is 2.40. The topological polar surface area (TPSA) is 64.6 Å². The van der Waals surface area contributed by atoms with Gasteiger partial charge in [-0.05, 0) is 64.2 Å². The second-order valence-corrected chi connectivity index (χ2v) is 8.20. The monoisotopic (exact) mass is 373 g/mol. The molecule has 0 saturated heterocycles. The number of methoxy groups -OCH3 is 1. The summed E-state index contributed by atoms with van der Waals surface area (Å²) >= 11 is 0. The predicted molar refractivity (Wildman–Crippen MR) is 104 cm³/mol. The number of ether oxygens (including phenoxy) is 2. The number of carbonyl (C=O) groups is 2. The largest absolute Gasteiger partial charge is 0.493 e. The SMILES string of the molecule is COc1cc(C(C)NC(=O)C2CC3CCCC(C2)C3=O)ccc1OC(C)C. The van der Waals surface area contributed by atoms with E-state index < -0.39 is 0 Å². The molecule has 2 fully saturated rings. The molecule has 0 aliphatic heterocycles. The number of hydrogen-bond acceptors (Lipinski definition) is 4. The van der Waals surface area contributed by atoms with Crippen LogP contribution in [0.25, 0.3) is 0 Å². The molecule has 0 spiro atoms. The first-order valence-corrected chi connectivity index (χ1v) is 10.1. The third-order valence-corrected chi connectivity index (χ3v) is 5.83. The lowest BCUT2D eigenvalue weighted by atomic mass is 9.67. The summed E-state index contributed by atoms with van der Waals surface area (Å²) in [5, 5.41) is 3.13. The van der Waals surface area contributed by atoms with Gasteiger partial charge in [0.15, 0.2) is 11.5 Å². The van der Waals surface area contributed by atoms with E-state index in [0.29, 0.717) is 30.1 Å². The minimum absolute atomic E-state index is 0.0501. The molecular formula is C22H31NO4. The first kappa shape index (κ1) is 19.7. The summed E-state index contributed by atoms with van der Waals surface area (Å²) in [5.41, 5.74) is 0.975. The molecule has 1 amide bonds. The molecule has 2 aliphatic carbocycles. The van der Waals surface area contributed by atoms with Gasteiger partial charge in [0.05, 0.1) is 19.3 Å². The van der Waals surface area contributed by atoms with E-state index in [1.54, 1.807) is 7.11 Å². The van der Waals surface area contributed by atoms with Crippen molar-refractivity contribution in [3.63, 3.8) is 0 Å². The Bertz CT molecular complexity index is 684. The standard InChI is InChI=1S/C22H31NO4/c1-13(2)27-19-9-8-15(12-20(19)26-4)14(3)23-22(25)18-10-16-6-5-7-17(11-18)21(16)24/h8-9,12-14,16-18H,5-7,10-11H2,1-4H3,(H,23,25). The lowest BCUT2D eigenvalue weighted by Crippen LogP contribution is -2.43. The van der Waals surface area contributed by atoms with E-state index in [4.69, 9.17) is 9.47 Å². The van der Waals surface area contributed by atoms with Gasteiger partial charge in [0, 0.05) is 17.8 Å². The summed E-state index contributed by atoms with van der Waals surface area (Å²) in [5.74, 6) is 1.96. The Hall–Kier alpha value is -2.04. The molecule has 5 heteroatoms. The van der Waals surface area contributed by atoms with Crippen LogP contribution in [0, 0.1) is 17.8 Å². The molecule has 2 aliphatic rings. The van der Waals surface area contributed by atoms with Gasteiger partial charge in [0.2, 0.25) is 5.91 Å². The van der Waals surface area contributed by atoms with Crippen LogP contribution in [0.1, 0.15) is 64.5 Å². The van der Waals surface area contributed by atoms with Crippen LogP contribution in [-0.4, -0.2) is 24.9 Å². The fourth-order valence-corrected chi connectivity index (χ4v) is 4.41. The average Bonchev–Trinajstić information content (AvgIpc) is 2.61. The summed E-state index contributed by atoms with van der Waals surface area (Å²) in [6.07, 6.45) is 4.50. The highest BCUT2D eigenvalue weighted by Gasteiger charge is 2.41. The van der Waals surface area contributed by atoms with Crippen LogP contribution in [0.3, 0.4) is 0 Å². The minimum Gasteiger partial charge on any atom is -0.493 e. The van der Waals surface area contributed by atoms with Gasteiger partial charge in [-0.3, -0.25) is 9.59 Å². The molecule has 2 saturated carbocycles. The van der Waals surface area contributed by atoms with Crippen molar-refractivity contribution in [2.45, 2.75) is 65.0 Å². The molecule has 5 nitrogen and oxygen atoms in total. The Labute approximate surface area is 161 Å². The highest BCUT2D eigenvalue weighted by atomic mass is 16.5. The van der Waals surface area contributed by atoms with Crippen LogP contribution in [0.4, 0.5) is 0 Å². The van der Waals surface area contributed by atoms with Crippen molar-refractivity contribution < 1.29 is 19.1 Å². The van der Waals surface area contributed by atoms with Crippen LogP contribution >= 0.6 is 0 Å². The number of fused-ring (bicyclic) bond motifs is 2. The van der Waals surface area contributed by atoms with E-state index in [2.05, 4.69) is 5.32 Å². The normalized spacial score (nSPS) is 25.8. The highest BCUT2D eigenvalue weighted by molar-refractivity contribution is 5.88. The van der Waals surface area contributed by atoms with Gasteiger partial charge in [-0.1, -0.05) is 12.5 Å². The molecule has 3 rings (SSSR count). The predicted octanol–water partition coefficient (Wildman–Crippen LogP) is 4.06. The zero-order valence-electron chi connectivity index (χ0n) is 16.8. The molecule has 1 aromatic rings. The molecule has 3 atom stereocenters. The van der Waals surface area contributed by atoms with Crippen molar-refractivity contribution >= 4 is 11.7 Å². The van der Waals surface area contributed by atoms with Gasteiger partial charge >= 0.3 is 0 Å². The van der Waals surface area contributed by atoms with Crippen LogP contribution in [0.5, 0.6) is 11.5 Å². The number of hydrogen-bond donors (Lipinski definition) is 1. The van der Waals surface area contributed by atoms with Gasteiger partial charge in [-0.15, -0.1) is 0 Å². The number of amides is 1. The molecule has 0 radical (unpaired) electrons. The van der Waals surface area contributed by atoms with Crippen molar-refractivity contribution in [1.29, 1.82) is 0 Å². The summed E-state index contributed by atoms with van der Waals surface area (Å²) < 4.78 is 11.2. The lowest BCUT2D eigenvalue weighted by molar-refractivity contribution is -0.137. The van der Waals surface area contributed by atoms with E-state index in [-0.39, 0.29) is 35.8 Å². The Kier molecular flexibility index (Phi) is 6.08. The third kappa shape index (κ3) is 4.45. The molecule has 3 unspecified atom stereocenters. The number of carbonyl (C=O) groups excluding carboxylic acids is 2. The maximum absolute atomic E-state index is 12.8. The molecule has 1 aromatic carbocycles. The number of rotatable bonds is 6. The number of nitrogens with one attached hydrogen (secondary N) is 1. The summed E-state index contributed by atoms with van der Waals surface area (Å²) in [7, 11) is 1.62. The summed E-state index contributed by atoms with van der Waals surface area (Å²) in [6.45, 7) is 5.92. The molecule has 0 heterocycles. The zero-order valence-corrected chi connectivity index (χ0v) is 16.8. The number of ketones is 1. The Morgan fingerprint density at radius 1 is 1.11 bits per heavy atom. The van der Waals surface area contributed by atoms with E-state index in [1.807, 2.05) is 39.0 Å². The lowest BCUT2D eigenvalue weighted by Gasteiger charge is -2.37. The molecule has 0 aromatic heterocycles. The summed E-state index contributed by atoms with van der Waals surface area (Å²) in [6, 6.07) is 5.64. The van der Waals surface area contributed by atoms with E-state index >= 15 is 0 Å². The zero-order chi connectivity index (χ0) is 19.6. The van der Waals surface area contributed by atoms with Crippen molar-refractivity contribution in [2.24, 2.45) is 17.8 Å². The number of benzene rings is 1. The first-order chi connectivity index (χ1) is 12.9. The Balaban J connectivity index is 1.65. The van der Waals surface area contributed by atoms with E-state index in [1.165, 1.54) is 0 Å². The van der Waals surface area contributed by atoms with Gasteiger partial charge in [-0.25, -0.2) is 0 Å². The van der Waals surface area contributed by atoms with Gasteiger partial charge in [0.1, 0.15) is 5.78 Å². The van der Waals surface area contributed by atoms with Crippen LogP contribution in [0.15, 0.2) is 18.2 Å². The van der Waals surface area contributed by atoms with Crippen molar-refractivity contribution in [3.05, 3.63) is 23.8 Å². The number of Topliss-reactive ketones (excluding diaryl/α,β-unsaturated/α-hetero) is 1. The van der Waals surface area contributed by atoms with Gasteiger partial charge in [-0.2, -0.15) is 0 Å². The van der Waals surface area contributed by atoms with E-state index in [0.717, 1.165) is 24.8 Å². The molecule has 2 bridgehead atoms. The quantitative estimate of drug-likeness (QED) is 0.817. The maximum atomic E-state index is 12.8. The molecular weight excluding hydrogens is 342 g/mol. The Morgan fingerprint density at radius 2 is 1.78 bits per heavy atom. The fourth-order valence-electron chi connectivity index (χ4n) is 4.41. The smallest absolute Gasteiger partial charge is 0.223 e. The van der Waals surface area contributed by atoms with Crippen molar-refractivity contribution in [3.8, 4) is 11.5 Å². The summed E-state index contributed by atoms with van der Waals surface area (Å²) in [4.78, 5) is 25.0. The minimum atomic E-state index is -0.128. The van der Waals surface area contributed by atoms with E-state index in [9.17, 15) is 9.59 Å². The average molecular weight is 373 g/mol. The van der Waals surface area contributed by atoms with Crippen LogP contribution in [0.2, 0.25) is 0 Å².